The molecule has 0 aromatic carbocycles. The largest absolute Gasteiger partial charge is 0.389 e. The van der Waals surface area contributed by atoms with Gasteiger partial charge in [-0.3, -0.25) is 4.79 Å². The van der Waals surface area contributed by atoms with Crippen LogP contribution >= 0.6 is 0 Å². The van der Waals surface area contributed by atoms with E-state index in [0.717, 1.165) is 25.9 Å². The molecule has 0 aliphatic carbocycles. The first-order chi connectivity index (χ1) is 7.92. The Kier molecular flexibility index (Phi) is 5.40. The Morgan fingerprint density at radius 2 is 2.24 bits per heavy atom. The van der Waals surface area contributed by atoms with Gasteiger partial charge in [0.15, 0.2) is 0 Å². The van der Waals surface area contributed by atoms with Crippen LogP contribution in [0.1, 0.15) is 46.5 Å². The van der Waals surface area contributed by atoms with Gasteiger partial charge in [0.2, 0.25) is 5.91 Å². The SMILES string of the molecule is CCN(CC(C)(C)O)C(=O)CCC1CCCO1. The zero-order valence-corrected chi connectivity index (χ0v) is 11.2. The molecule has 1 aliphatic heterocycles. The van der Waals surface area contributed by atoms with Gasteiger partial charge in [0.25, 0.3) is 0 Å². The molecule has 0 radical (unpaired) electrons. The molecule has 0 bridgehead atoms. The summed E-state index contributed by atoms with van der Waals surface area (Å²) in [5.74, 6) is 0.116. The second kappa shape index (κ2) is 6.36. The molecule has 0 spiro atoms. The topological polar surface area (TPSA) is 49.8 Å². The van der Waals surface area contributed by atoms with Crippen LogP contribution in [0.25, 0.3) is 0 Å². The van der Waals surface area contributed by atoms with Gasteiger partial charge in [0.05, 0.1) is 11.7 Å². The number of nitrogens with zero attached hydrogens (tertiary/aromatic N) is 1. The number of aliphatic hydroxyl groups is 1. The molecule has 4 nitrogen and oxygen atoms in total. The average molecular weight is 243 g/mol. The molecule has 1 aliphatic rings. The number of amides is 1. The van der Waals surface area contributed by atoms with E-state index in [9.17, 15) is 9.90 Å². The van der Waals surface area contributed by atoms with Crippen molar-refractivity contribution < 1.29 is 14.6 Å². The molecular formula is C13H25NO3. The van der Waals surface area contributed by atoms with Gasteiger partial charge in [-0.25, -0.2) is 0 Å². The van der Waals surface area contributed by atoms with Crippen LogP contribution in [0.3, 0.4) is 0 Å². The Balaban J connectivity index is 2.32. The third-order valence-corrected chi connectivity index (χ3v) is 3.02. The maximum Gasteiger partial charge on any atom is 0.222 e. The quantitative estimate of drug-likeness (QED) is 0.770. The van der Waals surface area contributed by atoms with E-state index in [4.69, 9.17) is 4.74 Å². The molecule has 1 N–H and O–H groups in total. The summed E-state index contributed by atoms with van der Waals surface area (Å²) in [6, 6.07) is 0. The summed E-state index contributed by atoms with van der Waals surface area (Å²) in [7, 11) is 0. The highest BCUT2D eigenvalue weighted by molar-refractivity contribution is 5.76. The normalized spacial score (nSPS) is 20.6. The van der Waals surface area contributed by atoms with Crippen molar-refractivity contribution in [1.82, 2.24) is 4.90 Å². The highest BCUT2D eigenvalue weighted by atomic mass is 16.5. The number of hydrogen-bond acceptors (Lipinski definition) is 3. The van der Waals surface area contributed by atoms with Crippen molar-refractivity contribution in [3.05, 3.63) is 0 Å². The first-order valence-corrected chi connectivity index (χ1v) is 6.54. The lowest BCUT2D eigenvalue weighted by molar-refractivity contribution is -0.134. The van der Waals surface area contributed by atoms with Gasteiger partial charge in [-0.05, 0) is 40.0 Å². The van der Waals surface area contributed by atoms with Crippen molar-refractivity contribution in [3.63, 3.8) is 0 Å². The standard InChI is InChI=1S/C13H25NO3/c1-4-14(10-13(2,3)16)12(15)8-7-11-6-5-9-17-11/h11,16H,4-10H2,1-3H3. The van der Waals surface area contributed by atoms with Crippen LogP contribution in [0.15, 0.2) is 0 Å². The van der Waals surface area contributed by atoms with Crippen LogP contribution in [-0.4, -0.2) is 47.3 Å². The van der Waals surface area contributed by atoms with E-state index in [1.54, 1.807) is 18.7 Å². The summed E-state index contributed by atoms with van der Waals surface area (Å²) in [5.41, 5.74) is -0.824. The molecule has 1 saturated heterocycles. The summed E-state index contributed by atoms with van der Waals surface area (Å²) in [5, 5.41) is 9.73. The molecule has 4 heteroatoms. The monoisotopic (exact) mass is 243 g/mol. The molecule has 0 aromatic rings. The van der Waals surface area contributed by atoms with Gasteiger partial charge < -0.3 is 14.7 Å². The van der Waals surface area contributed by atoms with Crippen molar-refractivity contribution in [1.29, 1.82) is 0 Å². The Morgan fingerprint density at radius 3 is 2.71 bits per heavy atom. The third-order valence-electron chi connectivity index (χ3n) is 3.02. The van der Waals surface area contributed by atoms with Gasteiger partial charge in [-0.2, -0.15) is 0 Å². The van der Waals surface area contributed by atoms with Gasteiger partial charge in [-0.1, -0.05) is 0 Å². The maximum atomic E-state index is 12.0. The van der Waals surface area contributed by atoms with Crippen LogP contribution < -0.4 is 0 Å². The minimum atomic E-state index is -0.824. The zero-order chi connectivity index (χ0) is 12.9. The number of likely N-dealkylation sites (N-methyl/N-ethyl adjacent to an activating group) is 1. The van der Waals surface area contributed by atoms with Crippen LogP contribution in [0.2, 0.25) is 0 Å². The summed E-state index contributed by atoms with van der Waals surface area (Å²) < 4.78 is 5.50. The lowest BCUT2D eigenvalue weighted by Gasteiger charge is -2.28. The fourth-order valence-corrected chi connectivity index (χ4v) is 2.16. The Bertz CT molecular complexity index is 242. The Hall–Kier alpha value is -0.610. The molecule has 17 heavy (non-hydrogen) atoms. The maximum absolute atomic E-state index is 12.0. The number of carbonyl (C=O) groups is 1. The van der Waals surface area contributed by atoms with E-state index in [-0.39, 0.29) is 12.0 Å². The first kappa shape index (κ1) is 14.5. The minimum absolute atomic E-state index is 0.116. The second-order valence-corrected chi connectivity index (χ2v) is 5.39. The Labute approximate surface area is 104 Å². The van der Waals surface area contributed by atoms with Gasteiger partial charge in [-0.15, -0.1) is 0 Å². The summed E-state index contributed by atoms with van der Waals surface area (Å²) >= 11 is 0. The molecule has 100 valence electrons. The predicted molar refractivity (Wildman–Crippen MR) is 66.8 cm³/mol. The van der Waals surface area contributed by atoms with Crippen LogP contribution in [-0.2, 0) is 9.53 Å². The van der Waals surface area contributed by atoms with Crippen LogP contribution in [0.4, 0.5) is 0 Å². The summed E-state index contributed by atoms with van der Waals surface area (Å²) in [4.78, 5) is 13.7. The van der Waals surface area contributed by atoms with Crippen molar-refractivity contribution >= 4 is 5.91 Å². The lowest BCUT2D eigenvalue weighted by atomic mass is 10.1. The predicted octanol–water partition coefficient (Wildman–Crippen LogP) is 1.56. The molecular weight excluding hydrogens is 218 g/mol. The highest BCUT2D eigenvalue weighted by Crippen LogP contribution is 2.17. The first-order valence-electron chi connectivity index (χ1n) is 6.54. The molecule has 1 fully saturated rings. The molecule has 0 saturated carbocycles. The second-order valence-electron chi connectivity index (χ2n) is 5.39. The van der Waals surface area contributed by atoms with E-state index >= 15 is 0 Å². The van der Waals surface area contributed by atoms with Crippen LogP contribution in [0.5, 0.6) is 0 Å². The van der Waals surface area contributed by atoms with Crippen molar-refractivity contribution in [2.24, 2.45) is 0 Å². The van der Waals surface area contributed by atoms with Gasteiger partial charge in [0.1, 0.15) is 0 Å². The van der Waals surface area contributed by atoms with Crippen molar-refractivity contribution in [3.8, 4) is 0 Å². The van der Waals surface area contributed by atoms with Gasteiger partial charge >= 0.3 is 0 Å². The summed E-state index contributed by atoms with van der Waals surface area (Å²) in [6.45, 7) is 7.27. The van der Waals surface area contributed by atoms with Gasteiger partial charge in [0, 0.05) is 26.1 Å². The average Bonchev–Trinajstić information content (AvgIpc) is 2.74. The highest BCUT2D eigenvalue weighted by Gasteiger charge is 2.23. The van der Waals surface area contributed by atoms with E-state index in [1.165, 1.54) is 0 Å². The van der Waals surface area contributed by atoms with Crippen molar-refractivity contribution in [2.45, 2.75) is 58.2 Å². The van der Waals surface area contributed by atoms with Crippen molar-refractivity contribution in [2.75, 3.05) is 19.7 Å². The van der Waals surface area contributed by atoms with Crippen LogP contribution in [0, 0.1) is 0 Å². The smallest absolute Gasteiger partial charge is 0.222 e. The van der Waals surface area contributed by atoms with E-state index in [2.05, 4.69) is 0 Å². The lowest BCUT2D eigenvalue weighted by Crippen LogP contribution is -2.42. The minimum Gasteiger partial charge on any atom is -0.389 e. The summed E-state index contributed by atoms with van der Waals surface area (Å²) in [6.07, 6.45) is 3.78. The molecule has 0 aromatic heterocycles. The number of hydrogen-bond donors (Lipinski definition) is 1. The number of carbonyl (C=O) groups excluding carboxylic acids is 1. The third kappa shape index (κ3) is 5.50. The molecule has 1 heterocycles. The number of rotatable bonds is 6. The zero-order valence-electron chi connectivity index (χ0n) is 11.2. The fraction of sp³-hybridized carbons (Fsp3) is 0.923. The fourth-order valence-electron chi connectivity index (χ4n) is 2.16. The molecule has 1 unspecified atom stereocenters. The number of ether oxygens (including phenoxy) is 1. The molecule has 1 rings (SSSR count). The molecule has 1 amide bonds. The van der Waals surface area contributed by atoms with E-state index in [1.807, 2.05) is 6.92 Å². The molecule has 1 atom stereocenters. The Morgan fingerprint density at radius 1 is 1.53 bits per heavy atom. The van der Waals surface area contributed by atoms with E-state index < -0.39 is 5.60 Å². The van der Waals surface area contributed by atoms with E-state index in [0.29, 0.717) is 19.5 Å².